The summed E-state index contributed by atoms with van der Waals surface area (Å²) in [7, 11) is -3.87. The molecule has 7 heteroatoms. The van der Waals surface area contributed by atoms with E-state index in [1.165, 1.54) is 12.1 Å². The summed E-state index contributed by atoms with van der Waals surface area (Å²) in [6, 6.07) is 9.09. The minimum atomic E-state index is -3.87. The van der Waals surface area contributed by atoms with E-state index in [0.717, 1.165) is 11.8 Å². The average molecular weight is 321 g/mol. The van der Waals surface area contributed by atoms with Crippen LogP contribution in [0.15, 0.2) is 35.2 Å². The Labute approximate surface area is 128 Å². The van der Waals surface area contributed by atoms with Gasteiger partial charge in [-0.15, -0.1) is 0 Å². The third-order valence-electron chi connectivity index (χ3n) is 2.94. The van der Waals surface area contributed by atoms with Crippen molar-refractivity contribution in [3.8, 4) is 17.3 Å². The molecule has 0 unspecified atom stereocenters. The van der Waals surface area contributed by atoms with Gasteiger partial charge >= 0.3 is 0 Å². The summed E-state index contributed by atoms with van der Waals surface area (Å²) in [5.74, 6) is -0.818. The van der Waals surface area contributed by atoms with Crippen molar-refractivity contribution in [1.82, 2.24) is 9.71 Å². The molecule has 1 heterocycles. The number of nitrogens with one attached hydrogen (secondary N) is 2. The molecular formula is C15H16FN3O2S. The van der Waals surface area contributed by atoms with Gasteiger partial charge < -0.3 is 4.98 Å². The van der Waals surface area contributed by atoms with Gasteiger partial charge in [-0.1, -0.05) is 6.07 Å². The molecule has 0 amide bonds. The molecule has 0 radical (unpaired) electrons. The molecule has 0 aliphatic carbocycles. The lowest BCUT2D eigenvalue weighted by molar-refractivity contribution is 0.549. The summed E-state index contributed by atoms with van der Waals surface area (Å²) in [5, 5.41) is 8.64. The van der Waals surface area contributed by atoms with Gasteiger partial charge in [-0.3, -0.25) is 0 Å². The molecule has 1 aromatic carbocycles. The van der Waals surface area contributed by atoms with E-state index < -0.39 is 15.8 Å². The zero-order valence-electron chi connectivity index (χ0n) is 12.2. The summed E-state index contributed by atoms with van der Waals surface area (Å²) in [6.45, 7) is 3.33. The molecule has 5 nitrogen and oxygen atoms in total. The molecule has 2 N–H and O–H groups in total. The zero-order valence-corrected chi connectivity index (χ0v) is 13.0. The quantitative estimate of drug-likeness (QED) is 0.887. The lowest BCUT2D eigenvalue weighted by Gasteiger charge is -2.11. The van der Waals surface area contributed by atoms with Crippen LogP contribution in [0.4, 0.5) is 4.39 Å². The minimum Gasteiger partial charge on any atom is -0.358 e. The van der Waals surface area contributed by atoms with E-state index in [1.807, 2.05) is 6.07 Å². The Kier molecular flexibility index (Phi) is 4.64. The maximum absolute atomic E-state index is 14.2. The van der Waals surface area contributed by atoms with E-state index in [0.29, 0.717) is 11.3 Å². The van der Waals surface area contributed by atoms with Crippen LogP contribution in [0.1, 0.15) is 19.5 Å². The third kappa shape index (κ3) is 3.53. The summed E-state index contributed by atoms with van der Waals surface area (Å²) in [4.78, 5) is 2.61. The fourth-order valence-electron chi connectivity index (χ4n) is 2.06. The molecule has 2 aromatic rings. The number of aromatic amines is 1. The Bertz CT molecular complexity index is 820. The zero-order chi connectivity index (χ0) is 16.3. The third-order valence-corrected chi connectivity index (χ3v) is 4.63. The molecule has 0 aliphatic rings. The number of hydrogen-bond donors (Lipinski definition) is 2. The molecule has 0 bridgehead atoms. The lowest BCUT2D eigenvalue weighted by atomic mass is 10.1. The Morgan fingerprint density at radius 2 is 2.05 bits per heavy atom. The number of hydrogen-bond acceptors (Lipinski definition) is 3. The number of sulfonamides is 1. The molecule has 0 saturated heterocycles. The molecule has 0 aliphatic heterocycles. The van der Waals surface area contributed by atoms with Crippen LogP contribution in [-0.4, -0.2) is 19.4 Å². The van der Waals surface area contributed by atoms with Crippen LogP contribution >= 0.6 is 0 Å². The second-order valence-corrected chi connectivity index (χ2v) is 6.84. The number of aromatic nitrogens is 1. The van der Waals surface area contributed by atoms with Crippen molar-refractivity contribution in [1.29, 1.82) is 5.26 Å². The molecule has 116 valence electrons. The Morgan fingerprint density at radius 3 is 2.64 bits per heavy atom. The van der Waals surface area contributed by atoms with Crippen molar-refractivity contribution in [3.63, 3.8) is 0 Å². The first-order chi connectivity index (χ1) is 10.3. The Morgan fingerprint density at radius 1 is 1.32 bits per heavy atom. The van der Waals surface area contributed by atoms with Crippen molar-refractivity contribution in [2.24, 2.45) is 0 Å². The smallest absolute Gasteiger partial charge is 0.243 e. The summed E-state index contributed by atoms with van der Waals surface area (Å²) >= 11 is 0. The van der Waals surface area contributed by atoms with Gasteiger partial charge in [0.1, 0.15) is 10.7 Å². The van der Waals surface area contributed by atoms with Crippen molar-refractivity contribution >= 4 is 10.0 Å². The van der Waals surface area contributed by atoms with Gasteiger partial charge in [-0.2, -0.15) is 5.26 Å². The van der Waals surface area contributed by atoms with Crippen molar-refractivity contribution in [2.75, 3.05) is 0 Å². The first-order valence-corrected chi connectivity index (χ1v) is 8.19. The number of H-pyrrole nitrogens is 1. The molecule has 0 fully saturated rings. The fourth-order valence-corrected chi connectivity index (χ4v) is 3.37. The van der Waals surface area contributed by atoms with E-state index >= 15 is 0 Å². The van der Waals surface area contributed by atoms with Crippen molar-refractivity contribution < 1.29 is 12.8 Å². The number of nitrogens with zero attached hydrogens (tertiary/aromatic N) is 1. The van der Waals surface area contributed by atoms with E-state index in [1.54, 1.807) is 26.0 Å². The molecule has 2 rings (SSSR count). The average Bonchev–Trinajstić information content (AvgIpc) is 2.85. The molecule has 1 aromatic heterocycles. The van der Waals surface area contributed by atoms with Crippen LogP contribution in [0.5, 0.6) is 0 Å². The van der Waals surface area contributed by atoms with E-state index in [9.17, 15) is 12.8 Å². The minimum absolute atomic E-state index is 0.229. The molecule has 0 spiro atoms. The highest BCUT2D eigenvalue weighted by molar-refractivity contribution is 7.89. The highest BCUT2D eigenvalue weighted by Crippen LogP contribution is 2.24. The van der Waals surface area contributed by atoms with Gasteiger partial charge in [0, 0.05) is 23.0 Å². The van der Waals surface area contributed by atoms with Gasteiger partial charge in [0.25, 0.3) is 0 Å². The van der Waals surface area contributed by atoms with Crippen molar-refractivity contribution in [2.45, 2.75) is 31.2 Å². The van der Waals surface area contributed by atoms with E-state index in [2.05, 4.69) is 9.71 Å². The van der Waals surface area contributed by atoms with Gasteiger partial charge in [0.15, 0.2) is 0 Å². The van der Waals surface area contributed by atoms with E-state index in [-0.39, 0.29) is 17.4 Å². The Balaban J connectivity index is 2.35. The van der Waals surface area contributed by atoms with Crippen LogP contribution < -0.4 is 4.72 Å². The van der Waals surface area contributed by atoms with Gasteiger partial charge in [-0.25, -0.2) is 17.5 Å². The van der Waals surface area contributed by atoms with Crippen LogP contribution in [0.25, 0.3) is 11.3 Å². The normalized spacial score (nSPS) is 11.6. The maximum atomic E-state index is 14.2. The summed E-state index contributed by atoms with van der Waals surface area (Å²) in [5.41, 5.74) is 1.87. The predicted octanol–water partition coefficient (Wildman–Crippen LogP) is 2.57. The fraction of sp³-hybridized carbons (Fsp3) is 0.267. The number of halogens is 1. The van der Waals surface area contributed by atoms with Crippen molar-refractivity contribution in [3.05, 3.63) is 41.8 Å². The lowest BCUT2D eigenvalue weighted by Crippen LogP contribution is -2.30. The van der Waals surface area contributed by atoms with Crippen LogP contribution in [0, 0.1) is 17.1 Å². The predicted molar refractivity (Wildman–Crippen MR) is 81.0 cm³/mol. The monoisotopic (exact) mass is 321 g/mol. The highest BCUT2D eigenvalue weighted by atomic mass is 32.2. The van der Waals surface area contributed by atoms with Crippen LogP contribution in [0.3, 0.4) is 0 Å². The highest BCUT2D eigenvalue weighted by Gasteiger charge is 2.20. The largest absolute Gasteiger partial charge is 0.358 e. The first kappa shape index (κ1) is 16.2. The Hall–Kier alpha value is -2.17. The second-order valence-electron chi connectivity index (χ2n) is 5.15. The topological polar surface area (TPSA) is 85.8 Å². The van der Waals surface area contributed by atoms with Gasteiger partial charge in [0.05, 0.1) is 12.5 Å². The van der Waals surface area contributed by atoms with Gasteiger partial charge in [-0.05, 0) is 38.1 Å². The summed E-state index contributed by atoms with van der Waals surface area (Å²) in [6.07, 6.45) is 0.229. The second kappa shape index (κ2) is 6.30. The SMILES string of the molecule is CC(C)NS(=O)(=O)c1ccc(-c2ccc(CC#N)[nH]2)cc1F. The molecule has 0 saturated carbocycles. The number of rotatable bonds is 5. The summed E-state index contributed by atoms with van der Waals surface area (Å²) < 4.78 is 40.5. The first-order valence-electron chi connectivity index (χ1n) is 6.70. The standard InChI is InChI=1S/C15H16FN3O2S/c1-10(2)19-22(20,21)15-6-3-11(9-13(15)16)14-5-4-12(18-14)7-8-17/h3-6,9-10,18-19H,7H2,1-2H3. The molecular weight excluding hydrogens is 305 g/mol. The van der Waals surface area contributed by atoms with Crippen LogP contribution in [0.2, 0.25) is 0 Å². The maximum Gasteiger partial charge on any atom is 0.243 e. The van der Waals surface area contributed by atoms with Gasteiger partial charge in [0.2, 0.25) is 10.0 Å². The van der Waals surface area contributed by atoms with Crippen LogP contribution in [-0.2, 0) is 16.4 Å². The van der Waals surface area contributed by atoms with E-state index in [4.69, 9.17) is 5.26 Å². The molecule has 22 heavy (non-hydrogen) atoms. The molecule has 0 atom stereocenters. The number of nitriles is 1. The number of benzene rings is 1.